The minimum atomic E-state index is -4.38. The number of fused-ring (bicyclic) bond motifs is 1. The van der Waals surface area contributed by atoms with Crippen molar-refractivity contribution in [3.8, 4) is 0 Å². The quantitative estimate of drug-likeness (QED) is 0.178. The number of nitrogens with one attached hydrogen (secondary N) is 3. The first-order valence-corrected chi connectivity index (χ1v) is 17.0. The molecule has 0 aliphatic carbocycles. The molecule has 0 radical (unpaired) electrons. The maximum absolute atomic E-state index is 13.8. The third kappa shape index (κ3) is 9.02. The summed E-state index contributed by atoms with van der Waals surface area (Å²) < 4.78 is 11.4. The normalized spacial score (nSPS) is 20.2. The zero-order valence-corrected chi connectivity index (χ0v) is 25.1. The summed E-state index contributed by atoms with van der Waals surface area (Å²) in [7, 11) is -4.38. The Morgan fingerprint density at radius 2 is 1.74 bits per heavy atom. The number of carbonyl (C=O) groups is 5. The van der Waals surface area contributed by atoms with Crippen LogP contribution in [0.3, 0.4) is 0 Å². The molecule has 2 aromatic carbocycles. The number of benzene rings is 2. The smallest absolute Gasteiger partial charge is 0.335 e. The molecular formula is C28H36N5O8PS. The van der Waals surface area contributed by atoms with Crippen molar-refractivity contribution in [3.05, 3.63) is 48.0 Å². The van der Waals surface area contributed by atoms with E-state index in [1.54, 1.807) is 0 Å². The van der Waals surface area contributed by atoms with Gasteiger partial charge < -0.3 is 36.4 Å². The van der Waals surface area contributed by atoms with Gasteiger partial charge in [-0.25, -0.2) is 0 Å². The summed E-state index contributed by atoms with van der Waals surface area (Å²) in [6.45, 7) is 0.207. The average molecular weight is 634 g/mol. The van der Waals surface area contributed by atoms with E-state index in [1.165, 1.54) is 4.90 Å². The van der Waals surface area contributed by atoms with Crippen molar-refractivity contribution in [3.63, 3.8) is 0 Å². The number of nitrogens with two attached hydrogens (primary N) is 1. The van der Waals surface area contributed by atoms with Gasteiger partial charge in [0.15, 0.2) is 0 Å². The van der Waals surface area contributed by atoms with Crippen LogP contribution in [0.4, 0.5) is 0 Å². The number of amides is 5. The van der Waals surface area contributed by atoms with E-state index in [0.717, 1.165) is 28.1 Å². The zero-order valence-electron chi connectivity index (χ0n) is 23.4. The fraction of sp³-hybridized carbons (Fsp3) is 0.464. The van der Waals surface area contributed by atoms with Crippen LogP contribution < -0.4 is 21.7 Å². The molecule has 2 aromatic rings. The van der Waals surface area contributed by atoms with Crippen LogP contribution >= 0.6 is 19.4 Å². The maximum Gasteiger partial charge on any atom is 0.335 e. The van der Waals surface area contributed by atoms with Crippen LogP contribution in [-0.2, 0) is 35.0 Å². The summed E-state index contributed by atoms with van der Waals surface area (Å²) in [6.07, 6.45) is 2.12. The van der Waals surface area contributed by atoms with Gasteiger partial charge in [0.2, 0.25) is 29.5 Å². The van der Waals surface area contributed by atoms with Crippen LogP contribution in [0.5, 0.6) is 0 Å². The molecule has 2 fully saturated rings. The molecule has 5 amide bonds. The summed E-state index contributed by atoms with van der Waals surface area (Å²) in [6, 6.07) is 9.40. The molecule has 2 aliphatic rings. The number of rotatable bonds is 12. The van der Waals surface area contributed by atoms with Gasteiger partial charge >= 0.3 is 7.60 Å². The van der Waals surface area contributed by atoms with E-state index in [9.17, 15) is 38.3 Å². The number of likely N-dealkylation sites (tertiary alicyclic amines) is 1. The third-order valence-electron chi connectivity index (χ3n) is 7.47. The SMILES string of the molecule is NC(=O)[C@H](Cc1ccc2ccccc2c1)NC(=O)[C@@H]1CCCCN1C(=O)[C@H](CSCP(=O)(O)O)NC(=O)[C@@H]1CCC(=O)N1. The molecule has 232 valence electrons. The van der Waals surface area contributed by atoms with E-state index in [0.29, 0.717) is 19.3 Å². The molecule has 2 heterocycles. The first-order chi connectivity index (χ1) is 20.4. The van der Waals surface area contributed by atoms with Crippen molar-refractivity contribution in [2.24, 2.45) is 5.73 Å². The molecule has 0 spiro atoms. The second-order valence-electron chi connectivity index (χ2n) is 10.8. The second-order valence-corrected chi connectivity index (χ2v) is 13.9. The van der Waals surface area contributed by atoms with Gasteiger partial charge in [-0.3, -0.25) is 28.5 Å². The van der Waals surface area contributed by atoms with E-state index >= 15 is 0 Å². The third-order valence-corrected chi connectivity index (χ3v) is 10.1. The molecule has 0 bridgehead atoms. The largest absolute Gasteiger partial charge is 0.368 e. The van der Waals surface area contributed by atoms with E-state index in [1.807, 2.05) is 42.5 Å². The first kappa shape index (κ1) is 32.5. The topological polar surface area (TPSA) is 208 Å². The summed E-state index contributed by atoms with van der Waals surface area (Å²) in [5, 5.41) is 9.84. The van der Waals surface area contributed by atoms with Gasteiger partial charge in [0.1, 0.15) is 24.2 Å². The monoisotopic (exact) mass is 633 g/mol. The number of thioether (sulfide) groups is 1. The molecule has 4 atom stereocenters. The Morgan fingerprint density at radius 1 is 1.02 bits per heavy atom. The molecule has 2 aliphatic heterocycles. The predicted molar refractivity (Wildman–Crippen MR) is 161 cm³/mol. The molecule has 43 heavy (non-hydrogen) atoms. The Balaban J connectivity index is 1.48. The van der Waals surface area contributed by atoms with Crippen LogP contribution in [-0.4, -0.2) is 86.2 Å². The van der Waals surface area contributed by atoms with Crippen LogP contribution in [0.1, 0.15) is 37.7 Å². The number of hydrogen-bond donors (Lipinski definition) is 6. The molecule has 0 saturated carbocycles. The van der Waals surface area contributed by atoms with Gasteiger partial charge in [-0.1, -0.05) is 42.5 Å². The molecule has 7 N–H and O–H groups in total. The van der Waals surface area contributed by atoms with Gasteiger partial charge in [-0.05, 0) is 42.0 Å². The van der Waals surface area contributed by atoms with Crippen LogP contribution in [0, 0.1) is 0 Å². The molecule has 2 saturated heterocycles. The van der Waals surface area contributed by atoms with E-state index in [2.05, 4.69) is 16.0 Å². The minimum Gasteiger partial charge on any atom is -0.368 e. The highest BCUT2D eigenvalue weighted by molar-refractivity contribution is 8.04. The van der Waals surface area contributed by atoms with Gasteiger partial charge in [0, 0.05) is 25.1 Å². The fourth-order valence-electron chi connectivity index (χ4n) is 5.31. The van der Waals surface area contributed by atoms with E-state index < -0.39 is 60.9 Å². The molecule has 0 unspecified atom stereocenters. The predicted octanol–water partition coefficient (Wildman–Crippen LogP) is 0.365. The number of nitrogens with zero attached hydrogens (tertiary/aromatic N) is 1. The average Bonchev–Trinajstić information content (AvgIpc) is 3.41. The summed E-state index contributed by atoms with van der Waals surface area (Å²) in [4.78, 5) is 84.0. The van der Waals surface area contributed by atoms with Crippen molar-refractivity contribution in [1.82, 2.24) is 20.9 Å². The van der Waals surface area contributed by atoms with Crippen LogP contribution in [0.2, 0.25) is 0 Å². The number of piperidine rings is 1. The highest BCUT2D eigenvalue weighted by Crippen LogP contribution is 2.38. The second kappa shape index (κ2) is 14.3. The highest BCUT2D eigenvalue weighted by atomic mass is 32.2. The van der Waals surface area contributed by atoms with Crippen LogP contribution in [0.25, 0.3) is 10.8 Å². The lowest BCUT2D eigenvalue weighted by Gasteiger charge is -2.37. The van der Waals surface area contributed by atoms with Gasteiger partial charge in [-0.2, -0.15) is 0 Å². The Hall–Kier alpha value is -3.45. The lowest BCUT2D eigenvalue weighted by Crippen LogP contribution is -2.60. The van der Waals surface area contributed by atoms with Crippen molar-refractivity contribution in [2.45, 2.75) is 62.7 Å². The van der Waals surface area contributed by atoms with Gasteiger partial charge in [-0.15, -0.1) is 11.8 Å². The maximum atomic E-state index is 13.8. The standard InChI is InChI=1S/C28H36N5O8PS/c29-25(35)21(14-17-8-9-18-5-1-2-6-19(18)13-17)31-27(37)23-7-3-4-12-33(23)28(38)22(15-43-16-42(39,40)41)32-26(36)20-10-11-24(34)30-20/h1-2,5-6,8-9,13,20-23H,3-4,7,10-12,14-16H2,(H2,29,35)(H,30,34)(H,31,37)(H,32,36)(H2,39,40,41)/t20-,21-,22-,23-/m0/s1. The van der Waals surface area contributed by atoms with Crippen molar-refractivity contribution >= 4 is 59.7 Å². The Labute approximate surface area is 252 Å². The summed E-state index contributed by atoms with van der Waals surface area (Å²) >= 11 is 0.797. The van der Waals surface area contributed by atoms with Crippen molar-refractivity contribution in [2.75, 3.05) is 17.8 Å². The molecule has 13 nitrogen and oxygen atoms in total. The molecule has 0 aromatic heterocycles. The molecule has 15 heteroatoms. The minimum absolute atomic E-state index is 0.150. The molecule has 4 rings (SSSR count). The van der Waals surface area contributed by atoms with E-state index in [-0.39, 0.29) is 37.5 Å². The van der Waals surface area contributed by atoms with Crippen molar-refractivity contribution < 1.29 is 38.3 Å². The van der Waals surface area contributed by atoms with Gasteiger partial charge in [0.25, 0.3) is 0 Å². The Bertz CT molecular complexity index is 1430. The summed E-state index contributed by atoms with van der Waals surface area (Å²) in [5.41, 5.74) is 5.88. The number of carbonyl (C=O) groups excluding carboxylic acids is 5. The Kier molecular flexibility index (Phi) is 10.8. The zero-order chi connectivity index (χ0) is 31.1. The highest BCUT2D eigenvalue weighted by Gasteiger charge is 2.38. The molecular weight excluding hydrogens is 597 g/mol. The number of primary amides is 1. The van der Waals surface area contributed by atoms with Gasteiger partial charge in [0.05, 0.1) is 5.49 Å². The lowest BCUT2D eigenvalue weighted by molar-refractivity contribution is -0.145. The van der Waals surface area contributed by atoms with Crippen LogP contribution in [0.15, 0.2) is 42.5 Å². The summed E-state index contributed by atoms with van der Waals surface area (Å²) in [5.74, 6) is -2.93. The lowest BCUT2D eigenvalue weighted by atomic mass is 9.98. The Morgan fingerprint density at radius 3 is 2.42 bits per heavy atom. The number of hydrogen-bond acceptors (Lipinski definition) is 7. The van der Waals surface area contributed by atoms with Crippen molar-refractivity contribution in [1.29, 1.82) is 0 Å². The van der Waals surface area contributed by atoms with E-state index in [4.69, 9.17) is 5.73 Å². The first-order valence-electron chi connectivity index (χ1n) is 14.0. The fourth-order valence-corrected chi connectivity index (χ4v) is 7.14.